The van der Waals surface area contributed by atoms with Crippen molar-refractivity contribution in [3.63, 3.8) is 0 Å². The van der Waals surface area contributed by atoms with Crippen molar-refractivity contribution in [2.24, 2.45) is 0 Å². The number of nitrogens with one attached hydrogen (secondary N) is 1. The maximum atomic E-state index is 9.91. The number of benzene rings is 2. The van der Waals surface area contributed by atoms with Crippen LogP contribution >= 0.6 is 0 Å². The maximum Gasteiger partial charge on any atom is 0.160 e. The van der Waals surface area contributed by atoms with Crippen molar-refractivity contribution in [3.05, 3.63) is 77.5 Å². The monoisotopic (exact) mass is 426 g/mol. The third-order valence-electron chi connectivity index (χ3n) is 6.08. The van der Waals surface area contributed by atoms with Gasteiger partial charge in [-0.2, -0.15) is 0 Å². The zero-order valence-corrected chi connectivity index (χ0v) is 17.4. The van der Waals surface area contributed by atoms with E-state index in [1.54, 1.807) is 18.3 Å². The molecule has 0 saturated heterocycles. The van der Waals surface area contributed by atoms with Gasteiger partial charge in [0.25, 0.3) is 0 Å². The molecule has 0 bridgehead atoms. The number of imidazole rings is 2. The number of fused-ring (bicyclic) bond motifs is 3. The second kappa shape index (κ2) is 7.35. The van der Waals surface area contributed by atoms with E-state index in [9.17, 15) is 10.2 Å². The Balaban J connectivity index is 1.33. The minimum absolute atomic E-state index is 0.0594. The summed E-state index contributed by atoms with van der Waals surface area (Å²) in [6.45, 7) is 2.73. The molecule has 3 N–H and O–H groups in total. The number of H-pyrrole nitrogens is 1. The zero-order valence-electron chi connectivity index (χ0n) is 17.4. The minimum Gasteiger partial charge on any atom is -0.504 e. The number of aromatic nitrogens is 5. The van der Waals surface area contributed by atoms with Crippen molar-refractivity contribution in [2.45, 2.75) is 26.1 Å². The molecule has 2 aromatic carbocycles. The number of hydrogen-bond acceptors (Lipinski definition) is 6. The number of rotatable bonds is 4. The molecular weight excluding hydrogens is 404 g/mol. The molecule has 0 unspecified atom stereocenters. The SMILES string of the molecule is Oc1cc2c(cc1O)CN(Cc1nc3cccnc3n1Cc1nc3ccccc3[nH]1)CC2. The molecule has 0 spiro atoms. The van der Waals surface area contributed by atoms with Gasteiger partial charge in [-0.25, -0.2) is 15.0 Å². The molecule has 0 saturated carbocycles. The molecule has 0 aliphatic carbocycles. The molecule has 0 atom stereocenters. The van der Waals surface area contributed by atoms with Crippen molar-refractivity contribution in [3.8, 4) is 11.5 Å². The zero-order chi connectivity index (χ0) is 21.7. The lowest BCUT2D eigenvalue weighted by Crippen LogP contribution is -2.31. The average Bonchev–Trinajstić information content (AvgIpc) is 3.36. The predicted molar refractivity (Wildman–Crippen MR) is 120 cm³/mol. The van der Waals surface area contributed by atoms with Gasteiger partial charge in [-0.15, -0.1) is 0 Å². The molecule has 1 aliphatic rings. The number of para-hydroxylation sites is 2. The number of pyridine rings is 1. The highest BCUT2D eigenvalue weighted by Gasteiger charge is 2.22. The van der Waals surface area contributed by atoms with Crippen LogP contribution in [0.2, 0.25) is 0 Å². The predicted octanol–water partition coefficient (Wildman–Crippen LogP) is 3.33. The van der Waals surface area contributed by atoms with E-state index < -0.39 is 0 Å². The smallest absolute Gasteiger partial charge is 0.160 e. The molecule has 0 amide bonds. The van der Waals surface area contributed by atoms with Crippen LogP contribution in [0.5, 0.6) is 11.5 Å². The van der Waals surface area contributed by atoms with Crippen molar-refractivity contribution in [2.75, 3.05) is 6.54 Å². The Morgan fingerprint density at radius 3 is 2.59 bits per heavy atom. The summed E-state index contributed by atoms with van der Waals surface area (Å²) in [7, 11) is 0. The van der Waals surface area contributed by atoms with E-state index in [-0.39, 0.29) is 11.5 Å². The summed E-state index contributed by atoms with van der Waals surface area (Å²) in [6.07, 6.45) is 2.60. The van der Waals surface area contributed by atoms with Crippen LogP contribution in [0.4, 0.5) is 0 Å². The van der Waals surface area contributed by atoms with Crippen LogP contribution in [-0.2, 0) is 26.1 Å². The van der Waals surface area contributed by atoms with Gasteiger partial charge >= 0.3 is 0 Å². The van der Waals surface area contributed by atoms with Crippen molar-refractivity contribution in [1.82, 2.24) is 29.4 Å². The van der Waals surface area contributed by atoms with E-state index >= 15 is 0 Å². The number of phenolic OH excluding ortho intramolecular Hbond substituents is 2. The number of phenols is 2. The normalized spacial score (nSPS) is 14.2. The Hall–Kier alpha value is -3.91. The van der Waals surface area contributed by atoms with Crippen LogP contribution in [0.25, 0.3) is 22.2 Å². The van der Waals surface area contributed by atoms with E-state index in [1.165, 1.54) is 0 Å². The number of aromatic amines is 1. The summed E-state index contributed by atoms with van der Waals surface area (Å²) in [5.74, 6) is 1.65. The molecule has 32 heavy (non-hydrogen) atoms. The third-order valence-corrected chi connectivity index (χ3v) is 6.08. The van der Waals surface area contributed by atoms with Crippen LogP contribution in [-0.4, -0.2) is 46.2 Å². The molecule has 6 rings (SSSR count). The van der Waals surface area contributed by atoms with Crippen molar-refractivity contribution < 1.29 is 10.2 Å². The van der Waals surface area contributed by atoms with E-state index in [0.29, 0.717) is 19.6 Å². The quantitative estimate of drug-likeness (QED) is 0.381. The van der Waals surface area contributed by atoms with Crippen LogP contribution in [0.3, 0.4) is 0 Å². The first-order valence-corrected chi connectivity index (χ1v) is 10.6. The molecule has 3 aromatic heterocycles. The van der Waals surface area contributed by atoms with Crippen LogP contribution in [0, 0.1) is 0 Å². The van der Waals surface area contributed by atoms with Gasteiger partial charge in [-0.05, 0) is 53.9 Å². The number of nitrogens with zero attached hydrogens (tertiary/aromatic N) is 5. The molecule has 0 fully saturated rings. The molecule has 5 aromatic rings. The van der Waals surface area contributed by atoms with E-state index in [0.717, 1.165) is 57.9 Å². The van der Waals surface area contributed by atoms with E-state index in [1.807, 2.05) is 36.4 Å². The van der Waals surface area contributed by atoms with Crippen LogP contribution in [0.15, 0.2) is 54.7 Å². The summed E-state index contributed by atoms with van der Waals surface area (Å²) in [4.78, 5) is 19.9. The molecule has 4 heterocycles. The lowest BCUT2D eigenvalue weighted by atomic mass is 9.99. The molecule has 8 heteroatoms. The molecule has 8 nitrogen and oxygen atoms in total. The van der Waals surface area contributed by atoms with Gasteiger partial charge in [0.2, 0.25) is 0 Å². The van der Waals surface area contributed by atoms with Crippen LogP contribution < -0.4 is 0 Å². The van der Waals surface area contributed by atoms with E-state index in [2.05, 4.69) is 19.4 Å². The summed E-state index contributed by atoms with van der Waals surface area (Å²) >= 11 is 0. The Kier molecular flexibility index (Phi) is 4.32. The Morgan fingerprint density at radius 2 is 1.72 bits per heavy atom. The van der Waals surface area contributed by atoms with E-state index in [4.69, 9.17) is 9.97 Å². The fraction of sp³-hybridized carbons (Fsp3) is 0.208. The first kappa shape index (κ1) is 18.8. The Labute approximate surface area is 183 Å². The fourth-order valence-corrected chi connectivity index (χ4v) is 4.50. The van der Waals surface area contributed by atoms with Crippen molar-refractivity contribution in [1.29, 1.82) is 0 Å². The lowest BCUT2D eigenvalue weighted by Gasteiger charge is -2.28. The third kappa shape index (κ3) is 3.25. The highest BCUT2D eigenvalue weighted by atomic mass is 16.3. The standard InChI is InChI=1S/C24H22N6O2/c31-20-10-15-7-9-29(12-16(15)11-21(20)32)14-23-28-19-6-3-8-25-24(19)30(23)13-22-26-17-4-1-2-5-18(17)27-22/h1-6,8,10-11,31-32H,7,9,12-14H2,(H,26,27). The number of hydrogen-bond donors (Lipinski definition) is 3. The second-order valence-corrected chi connectivity index (χ2v) is 8.23. The average molecular weight is 426 g/mol. The molecule has 160 valence electrons. The summed E-state index contributed by atoms with van der Waals surface area (Å²) in [5, 5.41) is 19.7. The van der Waals surface area contributed by atoms with Gasteiger partial charge in [-0.1, -0.05) is 12.1 Å². The fourth-order valence-electron chi connectivity index (χ4n) is 4.50. The Bertz CT molecular complexity index is 1420. The highest BCUT2D eigenvalue weighted by Crippen LogP contribution is 2.32. The van der Waals surface area contributed by atoms with Gasteiger partial charge < -0.3 is 19.8 Å². The maximum absolute atomic E-state index is 9.91. The van der Waals surface area contributed by atoms with Crippen LogP contribution in [0.1, 0.15) is 22.8 Å². The summed E-state index contributed by atoms with van der Waals surface area (Å²) in [5.41, 5.74) is 5.76. The first-order chi connectivity index (χ1) is 15.6. The number of aromatic hydroxyl groups is 2. The minimum atomic E-state index is -0.0769. The summed E-state index contributed by atoms with van der Waals surface area (Å²) in [6, 6.07) is 15.2. The lowest BCUT2D eigenvalue weighted by molar-refractivity contribution is 0.236. The summed E-state index contributed by atoms with van der Waals surface area (Å²) < 4.78 is 2.12. The van der Waals surface area contributed by atoms with Gasteiger partial charge in [0.15, 0.2) is 17.1 Å². The first-order valence-electron chi connectivity index (χ1n) is 10.6. The van der Waals surface area contributed by atoms with Gasteiger partial charge in [0.05, 0.1) is 24.1 Å². The molecule has 1 aliphatic heterocycles. The molecular formula is C24H22N6O2. The van der Waals surface area contributed by atoms with Gasteiger partial charge in [0, 0.05) is 19.3 Å². The topological polar surface area (TPSA) is 103 Å². The second-order valence-electron chi connectivity index (χ2n) is 8.23. The van der Waals surface area contributed by atoms with Gasteiger partial charge in [0.1, 0.15) is 17.2 Å². The molecule has 0 radical (unpaired) electrons. The highest BCUT2D eigenvalue weighted by molar-refractivity contribution is 5.75. The largest absolute Gasteiger partial charge is 0.504 e. The van der Waals surface area contributed by atoms with Gasteiger partial charge in [-0.3, -0.25) is 4.90 Å². The van der Waals surface area contributed by atoms with Crippen molar-refractivity contribution >= 4 is 22.2 Å². The Morgan fingerprint density at radius 1 is 0.906 bits per heavy atom.